The van der Waals surface area contributed by atoms with E-state index in [1.165, 1.54) is 24.9 Å². The van der Waals surface area contributed by atoms with E-state index < -0.39 is 16.8 Å². The summed E-state index contributed by atoms with van der Waals surface area (Å²) in [5, 5.41) is 9.16. The lowest BCUT2D eigenvalue weighted by Crippen LogP contribution is -2.27. The average Bonchev–Trinajstić information content (AvgIpc) is 2.40. The smallest absolute Gasteiger partial charge is 0.319 e. The molecule has 2 heterocycles. The first-order chi connectivity index (χ1) is 9.40. The number of thioether (sulfide) groups is 1. The van der Waals surface area contributed by atoms with Crippen molar-refractivity contribution in [3.05, 3.63) is 31.0 Å². The molecule has 6 nitrogen and oxygen atoms in total. The molecule has 2 aromatic rings. The number of halogens is 1. The predicted molar refractivity (Wildman–Crippen MR) is 70.6 cm³/mol. The second-order valence-electron chi connectivity index (χ2n) is 4.39. The molecule has 0 amide bonds. The highest BCUT2D eigenvalue weighted by Gasteiger charge is 2.30. The molecule has 0 saturated carbocycles. The Morgan fingerprint density at radius 2 is 1.90 bits per heavy atom. The van der Waals surface area contributed by atoms with E-state index >= 15 is 0 Å². The summed E-state index contributed by atoms with van der Waals surface area (Å²) in [4.78, 5) is 26.7. The van der Waals surface area contributed by atoms with Crippen LogP contribution < -0.4 is 0 Å². The first-order valence-electron chi connectivity index (χ1n) is 5.60. The van der Waals surface area contributed by atoms with Gasteiger partial charge in [-0.05, 0) is 13.8 Å². The highest BCUT2D eigenvalue weighted by molar-refractivity contribution is 8.01. The lowest BCUT2D eigenvalue weighted by molar-refractivity contribution is -0.138. The van der Waals surface area contributed by atoms with Gasteiger partial charge in [-0.15, -0.1) is 11.8 Å². The molecule has 0 aliphatic heterocycles. The zero-order valence-electron chi connectivity index (χ0n) is 10.7. The molecule has 0 bridgehead atoms. The van der Waals surface area contributed by atoms with Gasteiger partial charge in [0.15, 0.2) is 0 Å². The molecule has 0 aliphatic carbocycles. The molecule has 0 fully saturated rings. The van der Waals surface area contributed by atoms with Gasteiger partial charge in [0.05, 0.1) is 10.6 Å². The number of hydrogen-bond donors (Lipinski definition) is 1. The standard InChI is InChI=1S/C12H11FN4O2S/c1-12(2,10(18)19)20-8-5-14-6-17-9(8)7-3-15-11(13)16-4-7/h3-6H,1-2H3,(H,18,19). The Morgan fingerprint density at radius 1 is 1.25 bits per heavy atom. The van der Waals surface area contributed by atoms with E-state index in [9.17, 15) is 9.18 Å². The molecule has 2 rings (SSSR count). The fourth-order valence-electron chi connectivity index (χ4n) is 1.36. The summed E-state index contributed by atoms with van der Waals surface area (Å²) in [7, 11) is 0. The molecule has 0 atom stereocenters. The maximum absolute atomic E-state index is 12.7. The van der Waals surface area contributed by atoms with E-state index in [-0.39, 0.29) is 0 Å². The zero-order valence-corrected chi connectivity index (χ0v) is 11.6. The number of aromatic nitrogens is 4. The number of rotatable bonds is 4. The van der Waals surface area contributed by atoms with Crippen molar-refractivity contribution in [3.63, 3.8) is 0 Å². The van der Waals surface area contributed by atoms with Gasteiger partial charge in [0.2, 0.25) is 0 Å². The van der Waals surface area contributed by atoms with Gasteiger partial charge in [0.25, 0.3) is 0 Å². The third-order valence-electron chi connectivity index (χ3n) is 2.45. The van der Waals surface area contributed by atoms with Crippen molar-refractivity contribution in [2.45, 2.75) is 23.5 Å². The first kappa shape index (κ1) is 14.3. The molecule has 2 aromatic heterocycles. The highest BCUT2D eigenvalue weighted by atomic mass is 32.2. The van der Waals surface area contributed by atoms with Crippen LogP contribution in [0.4, 0.5) is 4.39 Å². The van der Waals surface area contributed by atoms with Gasteiger partial charge in [-0.1, -0.05) is 0 Å². The van der Waals surface area contributed by atoms with E-state index in [0.717, 1.165) is 11.8 Å². The second kappa shape index (κ2) is 5.49. The second-order valence-corrected chi connectivity index (χ2v) is 6.06. The van der Waals surface area contributed by atoms with Crippen molar-refractivity contribution in [2.24, 2.45) is 0 Å². The monoisotopic (exact) mass is 294 g/mol. The number of hydrogen-bond acceptors (Lipinski definition) is 6. The molecule has 0 saturated heterocycles. The summed E-state index contributed by atoms with van der Waals surface area (Å²) in [5.74, 6) is -0.951. The van der Waals surface area contributed by atoms with Crippen LogP contribution in [-0.4, -0.2) is 35.8 Å². The topological polar surface area (TPSA) is 88.9 Å². The lowest BCUT2D eigenvalue weighted by atomic mass is 10.2. The number of nitrogens with zero attached hydrogens (tertiary/aromatic N) is 4. The van der Waals surface area contributed by atoms with Crippen LogP contribution in [0.25, 0.3) is 11.3 Å². The van der Waals surface area contributed by atoms with Crippen LogP contribution >= 0.6 is 11.8 Å². The molecule has 8 heteroatoms. The van der Waals surface area contributed by atoms with Gasteiger partial charge in [-0.2, -0.15) is 4.39 Å². The minimum Gasteiger partial charge on any atom is -0.480 e. The summed E-state index contributed by atoms with van der Waals surface area (Å²) >= 11 is 1.11. The minimum atomic E-state index is -1.04. The Morgan fingerprint density at radius 3 is 2.50 bits per heavy atom. The Balaban J connectivity index is 2.41. The van der Waals surface area contributed by atoms with E-state index in [2.05, 4.69) is 19.9 Å². The van der Waals surface area contributed by atoms with Gasteiger partial charge >= 0.3 is 12.0 Å². The van der Waals surface area contributed by atoms with Crippen LogP contribution in [0.5, 0.6) is 0 Å². The third kappa shape index (κ3) is 3.08. The van der Waals surface area contributed by atoms with Crippen LogP contribution in [0.3, 0.4) is 0 Å². The van der Waals surface area contributed by atoms with E-state index in [1.54, 1.807) is 13.8 Å². The van der Waals surface area contributed by atoms with Crippen molar-refractivity contribution in [1.29, 1.82) is 0 Å². The van der Waals surface area contributed by atoms with Crippen LogP contribution in [0.15, 0.2) is 29.8 Å². The Bertz CT molecular complexity index is 634. The number of carboxylic acid groups (broad SMARTS) is 1. The van der Waals surface area contributed by atoms with Gasteiger partial charge in [-0.25, -0.2) is 19.9 Å². The van der Waals surface area contributed by atoms with Gasteiger partial charge in [0.1, 0.15) is 11.1 Å². The molecule has 0 radical (unpaired) electrons. The lowest BCUT2D eigenvalue weighted by Gasteiger charge is -2.19. The number of carbonyl (C=O) groups is 1. The quantitative estimate of drug-likeness (QED) is 0.681. The van der Waals surface area contributed by atoms with E-state index in [4.69, 9.17) is 5.11 Å². The minimum absolute atomic E-state index is 0.472. The van der Waals surface area contributed by atoms with Gasteiger partial charge in [0, 0.05) is 24.2 Å². The molecule has 0 aromatic carbocycles. The maximum Gasteiger partial charge on any atom is 0.319 e. The fourth-order valence-corrected chi connectivity index (χ4v) is 2.38. The molecular weight excluding hydrogens is 283 g/mol. The molecule has 1 N–H and O–H groups in total. The Labute approximate surface area is 118 Å². The SMILES string of the molecule is CC(C)(Sc1cncnc1-c1cnc(F)nc1)C(=O)O. The Hall–Kier alpha value is -2.09. The fraction of sp³-hybridized carbons (Fsp3) is 0.250. The number of aliphatic carboxylic acids is 1. The van der Waals surface area contributed by atoms with Crippen molar-refractivity contribution in [1.82, 2.24) is 19.9 Å². The van der Waals surface area contributed by atoms with Crippen molar-refractivity contribution < 1.29 is 14.3 Å². The van der Waals surface area contributed by atoms with Crippen molar-refractivity contribution in [3.8, 4) is 11.3 Å². The van der Waals surface area contributed by atoms with Crippen LogP contribution in [0.2, 0.25) is 0 Å². The van der Waals surface area contributed by atoms with Gasteiger partial charge in [-0.3, -0.25) is 4.79 Å². The van der Waals surface area contributed by atoms with Gasteiger partial charge < -0.3 is 5.11 Å². The highest BCUT2D eigenvalue weighted by Crippen LogP contribution is 2.37. The van der Waals surface area contributed by atoms with E-state index in [1.807, 2.05) is 0 Å². The van der Waals surface area contributed by atoms with Crippen molar-refractivity contribution >= 4 is 17.7 Å². The number of carboxylic acids is 1. The molecule has 104 valence electrons. The van der Waals surface area contributed by atoms with Crippen LogP contribution in [0, 0.1) is 6.08 Å². The normalized spacial score (nSPS) is 11.3. The molecule has 0 aliphatic rings. The molecule has 20 heavy (non-hydrogen) atoms. The Kier molecular flexibility index (Phi) is 3.93. The summed E-state index contributed by atoms with van der Waals surface area (Å²) in [6.07, 6.45) is 4.60. The zero-order chi connectivity index (χ0) is 14.8. The molecule has 0 unspecified atom stereocenters. The average molecular weight is 294 g/mol. The first-order valence-corrected chi connectivity index (χ1v) is 6.42. The van der Waals surface area contributed by atoms with Crippen LogP contribution in [-0.2, 0) is 4.79 Å². The third-order valence-corrected chi connectivity index (χ3v) is 3.66. The van der Waals surface area contributed by atoms with E-state index in [0.29, 0.717) is 16.2 Å². The maximum atomic E-state index is 12.7. The summed E-state index contributed by atoms with van der Waals surface area (Å²) in [5.41, 5.74) is 0.969. The largest absolute Gasteiger partial charge is 0.480 e. The van der Waals surface area contributed by atoms with Crippen molar-refractivity contribution in [2.75, 3.05) is 0 Å². The molecular formula is C12H11FN4O2S. The summed E-state index contributed by atoms with van der Waals surface area (Å²) < 4.78 is 11.7. The molecule has 0 spiro atoms. The summed E-state index contributed by atoms with van der Waals surface area (Å²) in [6, 6.07) is 0. The predicted octanol–water partition coefficient (Wildman–Crippen LogP) is 2.03. The van der Waals surface area contributed by atoms with Crippen LogP contribution in [0.1, 0.15) is 13.8 Å². The summed E-state index contributed by atoms with van der Waals surface area (Å²) in [6.45, 7) is 3.16.